The third-order valence-corrected chi connectivity index (χ3v) is 4.15. The molecule has 3 aromatic carbocycles. The van der Waals surface area contributed by atoms with E-state index in [-0.39, 0.29) is 18.6 Å². The molecule has 0 spiro atoms. The average Bonchev–Trinajstić information content (AvgIpc) is 2.73. The Morgan fingerprint density at radius 2 is 1.67 bits per heavy atom. The highest BCUT2D eigenvalue weighted by Gasteiger charge is 2.15. The monoisotopic (exact) mass is 356 g/mol. The summed E-state index contributed by atoms with van der Waals surface area (Å²) in [5.41, 5.74) is 2.69. The molecule has 3 rings (SSSR count). The molecule has 0 heterocycles. The van der Waals surface area contributed by atoms with Gasteiger partial charge in [0.05, 0.1) is 17.7 Å². The SMILES string of the molecule is N#Cc1cccc(OCC(=O)N[C@@H](Cc2ccccc2)c2ccccc2)c1. The van der Waals surface area contributed by atoms with Gasteiger partial charge >= 0.3 is 0 Å². The molecule has 0 saturated heterocycles. The van der Waals surface area contributed by atoms with E-state index in [1.54, 1.807) is 24.3 Å². The standard InChI is InChI=1S/C23H20N2O2/c24-16-19-10-7-13-21(14-19)27-17-23(26)25-22(20-11-5-2-6-12-20)15-18-8-3-1-4-9-18/h1-14,22H,15,17H2,(H,25,26)/t22-/m0/s1. The molecule has 134 valence electrons. The first kappa shape index (κ1) is 18.2. The van der Waals surface area contributed by atoms with Gasteiger partial charge in [0.2, 0.25) is 0 Å². The lowest BCUT2D eigenvalue weighted by atomic mass is 9.99. The molecule has 0 saturated carbocycles. The first-order valence-corrected chi connectivity index (χ1v) is 8.76. The molecule has 0 unspecified atom stereocenters. The van der Waals surface area contributed by atoms with Gasteiger partial charge in [0, 0.05) is 0 Å². The summed E-state index contributed by atoms with van der Waals surface area (Å²) in [6.45, 7) is -0.104. The van der Waals surface area contributed by atoms with Crippen LogP contribution in [0.4, 0.5) is 0 Å². The maximum absolute atomic E-state index is 12.4. The first-order valence-electron chi connectivity index (χ1n) is 8.76. The van der Waals surface area contributed by atoms with Crippen molar-refractivity contribution < 1.29 is 9.53 Å². The van der Waals surface area contributed by atoms with E-state index in [1.807, 2.05) is 60.7 Å². The van der Waals surface area contributed by atoms with Crippen LogP contribution in [0.5, 0.6) is 5.75 Å². The average molecular weight is 356 g/mol. The van der Waals surface area contributed by atoms with E-state index in [0.717, 1.165) is 11.1 Å². The van der Waals surface area contributed by atoms with Crippen molar-refractivity contribution in [3.8, 4) is 11.8 Å². The molecule has 4 heteroatoms. The predicted molar refractivity (Wildman–Crippen MR) is 104 cm³/mol. The first-order chi connectivity index (χ1) is 13.2. The summed E-state index contributed by atoms with van der Waals surface area (Å²) in [4.78, 5) is 12.4. The Morgan fingerprint density at radius 3 is 2.37 bits per heavy atom. The Bertz CT molecular complexity index is 918. The number of hydrogen-bond acceptors (Lipinski definition) is 3. The fourth-order valence-corrected chi connectivity index (χ4v) is 2.83. The molecule has 0 fully saturated rings. The Hall–Kier alpha value is -3.58. The molecule has 0 aromatic heterocycles. The minimum atomic E-state index is -0.206. The van der Waals surface area contributed by atoms with Gasteiger partial charge in [-0.05, 0) is 35.7 Å². The normalized spacial score (nSPS) is 11.2. The third kappa shape index (κ3) is 5.45. The number of carbonyl (C=O) groups is 1. The van der Waals surface area contributed by atoms with Gasteiger partial charge < -0.3 is 10.1 Å². The molecule has 0 radical (unpaired) electrons. The zero-order valence-electron chi connectivity index (χ0n) is 14.8. The molecule has 1 N–H and O–H groups in total. The molecule has 0 aliphatic carbocycles. The van der Waals surface area contributed by atoms with Crippen molar-refractivity contribution in [2.45, 2.75) is 12.5 Å². The molecule has 0 bridgehead atoms. The maximum atomic E-state index is 12.4. The summed E-state index contributed by atoms with van der Waals surface area (Å²) >= 11 is 0. The minimum absolute atomic E-state index is 0.104. The van der Waals surface area contributed by atoms with Crippen molar-refractivity contribution in [1.82, 2.24) is 5.32 Å². The number of carbonyl (C=O) groups excluding carboxylic acids is 1. The number of ether oxygens (including phenoxy) is 1. The highest BCUT2D eigenvalue weighted by Crippen LogP contribution is 2.18. The second kappa shape index (κ2) is 9.21. The van der Waals surface area contributed by atoms with E-state index in [9.17, 15) is 4.79 Å². The van der Waals surface area contributed by atoms with Crippen LogP contribution in [-0.4, -0.2) is 12.5 Å². The van der Waals surface area contributed by atoms with Gasteiger partial charge in [-0.3, -0.25) is 4.79 Å². The van der Waals surface area contributed by atoms with Crippen molar-refractivity contribution in [3.63, 3.8) is 0 Å². The Labute approximate surface area is 159 Å². The van der Waals surface area contributed by atoms with Gasteiger partial charge in [-0.15, -0.1) is 0 Å². The van der Waals surface area contributed by atoms with Crippen LogP contribution in [0.3, 0.4) is 0 Å². The van der Waals surface area contributed by atoms with Gasteiger partial charge in [-0.25, -0.2) is 0 Å². The molecule has 0 aliphatic rings. The predicted octanol–water partition coefficient (Wildman–Crippen LogP) is 4.04. The highest BCUT2D eigenvalue weighted by molar-refractivity contribution is 5.78. The van der Waals surface area contributed by atoms with E-state index in [0.29, 0.717) is 17.7 Å². The van der Waals surface area contributed by atoms with Crippen molar-refractivity contribution in [2.24, 2.45) is 0 Å². The van der Waals surface area contributed by atoms with E-state index >= 15 is 0 Å². The molecule has 4 nitrogen and oxygen atoms in total. The lowest BCUT2D eigenvalue weighted by Crippen LogP contribution is -2.33. The topological polar surface area (TPSA) is 62.1 Å². The van der Waals surface area contributed by atoms with E-state index in [1.165, 1.54) is 0 Å². The summed E-state index contributed by atoms with van der Waals surface area (Å²) in [6.07, 6.45) is 0.695. The number of rotatable bonds is 7. The summed E-state index contributed by atoms with van der Waals surface area (Å²) in [5.74, 6) is 0.297. The second-order valence-corrected chi connectivity index (χ2v) is 6.15. The minimum Gasteiger partial charge on any atom is -0.484 e. The van der Waals surface area contributed by atoms with Gasteiger partial charge in [-0.1, -0.05) is 66.7 Å². The van der Waals surface area contributed by atoms with Crippen LogP contribution in [0, 0.1) is 11.3 Å². The van der Waals surface area contributed by atoms with Crippen molar-refractivity contribution >= 4 is 5.91 Å². The number of nitriles is 1. The van der Waals surface area contributed by atoms with Crippen molar-refractivity contribution in [1.29, 1.82) is 5.26 Å². The Balaban J connectivity index is 1.66. The quantitative estimate of drug-likeness (QED) is 0.695. The molecular weight excluding hydrogens is 336 g/mol. The molecule has 1 atom stereocenters. The number of nitrogens with zero attached hydrogens (tertiary/aromatic N) is 1. The van der Waals surface area contributed by atoms with Crippen LogP contribution < -0.4 is 10.1 Å². The molecule has 1 amide bonds. The fourth-order valence-electron chi connectivity index (χ4n) is 2.83. The van der Waals surface area contributed by atoms with Gasteiger partial charge in [-0.2, -0.15) is 5.26 Å². The fraction of sp³-hybridized carbons (Fsp3) is 0.130. The zero-order chi connectivity index (χ0) is 18.9. The molecule has 27 heavy (non-hydrogen) atoms. The maximum Gasteiger partial charge on any atom is 0.258 e. The summed E-state index contributed by atoms with van der Waals surface area (Å²) in [6, 6.07) is 28.6. The molecule has 3 aromatic rings. The number of hydrogen-bond donors (Lipinski definition) is 1. The van der Waals surface area contributed by atoms with Crippen LogP contribution >= 0.6 is 0 Å². The van der Waals surface area contributed by atoms with Crippen LogP contribution in [0.25, 0.3) is 0 Å². The van der Waals surface area contributed by atoms with E-state index in [4.69, 9.17) is 10.00 Å². The lowest BCUT2D eigenvalue weighted by Gasteiger charge is -2.20. The van der Waals surface area contributed by atoms with Gasteiger partial charge in [0.1, 0.15) is 5.75 Å². The van der Waals surface area contributed by atoms with Crippen LogP contribution in [0.2, 0.25) is 0 Å². The number of nitrogens with one attached hydrogen (secondary N) is 1. The Kier molecular flexibility index (Phi) is 6.21. The summed E-state index contributed by atoms with van der Waals surface area (Å²) in [7, 11) is 0. The highest BCUT2D eigenvalue weighted by atomic mass is 16.5. The third-order valence-electron chi connectivity index (χ3n) is 4.15. The zero-order valence-corrected chi connectivity index (χ0v) is 14.8. The van der Waals surface area contributed by atoms with Gasteiger partial charge in [0.15, 0.2) is 6.61 Å². The summed E-state index contributed by atoms with van der Waals surface area (Å²) < 4.78 is 5.53. The van der Waals surface area contributed by atoms with Gasteiger partial charge in [0.25, 0.3) is 5.91 Å². The van der Waals surface area contributed by atoms with Crippen LogP contribution in [-0.2, 0) is 11.2 Å². The van der Waals surface area contributed by atoms with Crippen molar-refractivity contribution in [2.75, 3.05) is 6.61 Å². The van der Waals surface area contributed by atoms with E-state index < -0.39 is 0 Å². The van der Waals surface area contributed by atoms with Crippen LogP contribution in [0.15, 0.2) is 84.9 Å². The van der Waals surface area contributed by atoms with Crippen molar-refractivity contribution in [3.05, 3.63) is 102 Å². The number of amides is 1. The smallest absolute Gasteiger partial charge is 0.258 e. The second-order valence-electron chi connectivity index (χ2n) is 6.15. The number of benzene rings is 3. The summed E-state index contributed by atoms with van der Waals surface area (Å²) in [5, 5.41) is 12.0. The Morgan fingerprint density at radius 1 is 0.963 bits per heavy atom. The lowest BCUT2D eigenvalue weighted by molar-refractivity contribution is -0.123. The van der Waals surface area contributed by atoms with Crippen LogP contribution in [0.1, 0.15) is 22.7 Å². The largest absolute Gasteiger partial charge is 0.484 e. The molecule has 0 aliphatic heterocycles. The molecular formula is C23H20N2O2. The van der Waals surface area contributed by atoms with E-state index in [2.05, 4.69) is 11.4 Å².